The van der Waals surface area contributed by atoms with E-state index in [1.54, 1.807) is 42.5 Å². The van der Waals surface area contributed by atoms with Crippen LogP contribution in [-0.2, 0) is 6.54 Å². The Hall–Kier alpha value is -2.57. The van der Waals surface area contributed by atoms with E-state index in [0.29, 0.717) is 23.6 Å². The Morgan fingerprint density at radius 1 is 1.22 bits per heavy atom. The smallest absolute Gasteiger partial charge is 0.255 e. The van der Waals surface area contributed by atoms with Gasteiger partial charge in [0.2, 0.25) is 0 Å². The van der Waals surface area contributed by atoms with Gasteiger partial charge in [-0.2, -0.15) is 15.0 Å². The fourth-order valence-corrected chi connectivity index (χ4v) is 2.17. The molecule has 1 unspecified atom stereocenters. The van der Waals surface area contributed by atoms with Gasteiger partial charge in [-0.3, -0.25) is 4.79 Å². The molecule has 1 atom stereocenters. The molecule has 1 aromatic heterocycles. The topological polar surface area (TPSA) is 78.3 Å². The fraction of sp³-hybridized carbons (Fsp3) is 0.438. The van der Waals surface area contributed by atoms with Crippen LogP contribution in [0.5, 0.6) is 11.5 Å². The Labute approximate surface area is 135 Å². The van der Waals surface area contributed by atoms with Gasteiger partial charge in [-0.1, -0.05) is 13.8 Å². The maximum atomic E-state index is 12.6. The second-order valence-electron chi connectivity index (χ2n) is 5.47. The number of hydrogen-bond acceptors (Lipinski definition) is 5. The number of carbonyl (C=O) groups is 1. The highest BCUT2D eigenvalue weighted by atomic mass is 16.5. The van der Waals surface area contributed by atoms with Gasteiger partial charge in [0.25, 0.3) is 5.91 Å². The molecule has 7 nitrogen and oxygen atoms in total. The van der Waals surface area contributed by atoms with E-state index >= 15 is 0 Å². The summed E-state index contributed by atoms with van der Waals surface area (Å²) in [6.07, 6.45) is 3.23. The van der Waals surface area contributed by atoms with E-state index in [-0.39, 0.29) is 17.9 Å². The van der Waals surface area contributed by atoms with Crippen LogP contribution in [0.2, 0.25) is 0 Å². The molecule has 1 N–H and O–H groups in total. The molecule has 0 fully saturated rings. The number of nitrogens with one attached hydrogen (secondary N) is 1. The highest BCUT2D eigenvalue weighted by Crippen LogP contribution is 2.24. The van der Waals surface area contributed by atoms with Crippen molar-refractivity contribution in [2.75, 3.05) is 14.2 Å². The summed E-state index contributed by atoms with van der Waals surface area (Å²) < 4.78 is 10.4. The number of aromatic nitrogens is 3. The number of rotatable bonds is 7. The summed E-state index contributed by atoms with van der Waals surface area (Å²) in [4.78, 5) is 14.2. The van der Waals surface area contributed by atoms with Gasteiger partial charge in [0.05, 0.1) is 44.8 Å². The van der Waals surface area contributed by atoms with Crippen molar-refractivity contribution in [3.05, 3.63) is 36.2 Å². The minimum Gasteiger partial charge on any atom is -0.497 e. The van der Waals surface area contributed by atoms with Crippen molar-refractivity contribution in [1.29, 1.82) is 0 Å². The molecule has 0 aliphatic heterocycles. The molecule has 0 bridgehead atoms. The lowest BCUT2D eigenvalue weighted by molar-refractivity contribution is 0.0914. The fourth-order valence-electron chi connectivity index (χ4n) is 2.17. The minimum absolute atomic E-state index is 0.0956. The zero-order valence-corrected chi connectivity index (χ0v) is 13.8. The van der Waals surface area contributed by atoms with Gasteiger partial charge in [0.1, 0.15) is 11.5 Å². The average molecular weight is 318 g/mol. The molecule has 124 valence electrons. The summed E-state index contributed by atoms with van der Waals surface area (Å²) >= 11 is 0. The van der Waals surface area contributed by atoms with Crippen LogP contribution in [0.3, 0.4) is 0 Å². The first-order chi connectivity index (χ1) is 11.0. The summed E-state index contributed by atoms with van der Waals surface area (Å²) in [6.45, 7) is 4.59. The number of benzene rings is 1. The SMILES string of the molecule is COc1ccc(C(=O)NC(Cn2nccn2)C(C)C)c(OC)c1. The second kappa shape index (κ2) is 7.62. The number of nitrogens with zero attached hydrogens (tertiary/aromatic N) is 3. The van der Waals surface area contributed by atoms with Crippen molar-refractivity contribution in [1.82, 2.24) is 20.3 Å². The number of carbonyl (C=O) groups excluding carboxylic acids is 1. The van der Waals surface area contributed by atoms with Crippen LogP contribution in [0.4, 0.5) is 0 Å². The molecule has 23 heavy (non-hydrogen) atoms. The van der Waals surface area contributed by atoms with E-state index in [1.807, 2.05) is 13.8 Å². The van der Waals surface area contributed by atoms with Gasteiger partial charge in [-0.05, 0) is 18.1 Å². The van der Waals surface area contributed by atoms with Gasteiger partial charge in [0.15, 0.2) is 0 Å². The van der Waals surface area contributed by atoms with Gasteiger partial charge < -0.3 is 14.8 Å². The number of ether oxygens (including phenoxy) is 2. The molecule has 2 rings (SSSR count). The Kier molecular flexibility index (Phi) is 5.56. The van der Waals surface area contributed by atoms with Crippen LogP contribution < -0.4 is 14.8 Å². The van der Waals surface area contributed by atoms with Crippen molar-refractivity contribution in [3.8, 4) is 11.5 Å². The van der Waals surface area contributed by atoms with E-state index in [4.69, 9.17) is 9.47 Å². The molecule has 0 saturated carbocycles. The van der Waals surface area contributed by atoms with Gasteiger partial charge in [-0.15, -0.1) is 0 Å². The third-order valence-electron chi connectivity index (χ3n) is 3.60. The van der Waals surface area contributed by atoms with Crippen LogP contribution in [0.1, 0.15) is 24.2 Å². The standard InChI is InChI=1S/C16H22N4O3/c1-11(2)14(10-20-17-7-8-18-20)19-16(21)13-6-5-12(22-3)9-15(13)23-4/h5-9,11,14H,10H2,1-4H3,(H,19,21). The quantitative estimate of drug-likeness (QED) is 0.841. The van der Waals surface area contributed by atoms with Crippen molar-refractivity contribution >= 4 is 5.91 Å². The first-order valence-electron chi connectivity index (χ1n) is 7.42. The summed E-state index contributed by atoms with van der Waals surface area (Å²) in [5.74, 6) is 1.14. The highest BCUT2D eigenvalue weighted by Gasteiger charge is 2.21. The molecular weight excluding hydrogens is 296 g/mol. The molecule has 1 aromatic carbocycles. The maximum absolute atomic E-state index is 12.6. The predicted octanol–water partition coefficient (Wildman–Crippen LogP) is 1.75. The predicted molar refractivity (Wildman–Crippen MR) is 85.7 cm³/mol. The average Bonchev–Trinajstić information content (AvgIpc) is 3.06. The molecular formula is C16H22N4O3. The van der Waals surface area contributed by atoms with E-state index < -0.39 is 0 Å². The maximum Gasteiger partial charge on any atom is 0.255 e. The molecule has 0 spiro atoms. The Balaban J connectivity index is 2.15. The van der Waals surface area contributed by atoms with E-state index in [0.717, 1.165) is 0 Å². The number of methoxy groups -OCH3 is 2. The molecule has 0 saturated heterocycles. The highest BCUT2D eigenvalue weighted by molar-refractivity contribution is 5.97. The molecule has 0 aliphatic carbocycles. The molecule has 0 radical (unpaired) electrons. The third-order valence-corrected chi connectivity index (χ3v) is 3.60. The largest absolute Gasteiger partial charge is 0.497 e. The van der Waals surface area contributed by atoms with Crippen molar-refractivity contribution < 1.29 is 14.3 Å². The lowest BCUT2D eigenvalue weighted by atomic mass is 10.0. The van der Waals surface area contributed by atoms with E-state index in [2.05, 4.69) is 15.5 Å². The minimum atomic E-state index is -0.199. The van der Waals surface area contributed by atoms with Gasteiger partial charge >= 0.3 is 0 Å². The summed E-state index contributed by atoms with van der Waals surface area (Å²) in [5, 5.41) is 11.2. The van der Waals surface area contributed by atoms with Crippen molar-refractivity contribution in [3.63, 3.8) is 0 Å². The first kappa shape index (κ1) is 16.8. The summed E-state index contributed by atoms with van der Waals surface area (Å²) in [5.41, 5.74) is 0.465. The zero-order chi connectivity index (χ0) is 16.8. The Morgan fingerprint density at radius 3 is 2.48 bits per heavy atom. The third kappa shape index (κ3) is 4.21. The Morgan fingerprint density at radius 2 is 1.91 bits per heavy atom. The summed E-state index contributed by atoms with van der Waals surface area (Å²) in [6, 6.07) is 5.02. The van der Waals surface area contributed by atoms with Gasteiger partial charge in [-0.25, -0.2) is 0 Å². The lowest BCUT2D eigenvalue weighted by Gasteiger charge is -2.22. The van der Waals surface area contributed by atoms with Crippen molar-refractivity contribution in [2.45, 2.75) is 26.4 Å². The molecule has 1 amide bonds. The Bertz CT molecular complexity index is 641. The van der Waals surface area contributed by atoms with Crippen LogP contribution >= 0.6 is 0 Å². The number of hydrogen-bond donors (Lipinski definition) is 1. The molecule has 2 aromatic rings. The molecule has 1 heterocycles. The van der Waals surface area contributed by atoms with Crippen LogP contribution in [0, 0.1) is 5.92 Å². The monoisotopic (exact) mass is 318 g/mol. The normalized spacial score (nSPS) is 12.0. The van der Waals surface area contributed by atoms with Crippen LogP contribution in [-0.4, -0.2) is 41.2 Å². The van der Waals surface area contributed by atoms with Crippen molar-refractivity contribution in [2.24, 2.45) is 5.92 Å². The van der Waals surface area contributed by atoms with Crippen LogP contribution in [0.25, 0.3) is 0 Å². The lowest BCUT2D eigenvalue weighted by Crippen LogP contribution is -2.42. The van der Waals surface area contributed by atoms with E-state index in [9.17, 15) is 4.79 Å². The van der Waals surface area contributed by atoms with Gasteiger partial charge in [0, 0.05) is 6.07 Å². The first-order valence-corrected chi connectivity index (χ1v) is 7.42. The van der Waals surface area contributed by atoms with Crippen LogP contribution in [0.15, 0.2) is 30.6 Å². The molecule has 7 heteroatoms. The van der Waals surface area contributed by atoms with E-state index in [1.165, 1.54) is 7.11 Å². The molecule has 0 aliphatic rings. The summed E-state index contributed by atoms with van der Waals surface area (Å²) in [7, 11) is 3.10. The zero-order valence-electron chi connectivity index (χ0n) is 13.8. The second-order valence-corrected chi connectivity index (χ2v) is 5.47. The number of amides is 1.